The number of hydrogen-bond donors (Lipinski definition) is 3. The van der Waals surface area contributed by atoms with Crippen LogP contribution in [0, 0.1) is 10.8 Å². The molecule has 0 aromatic carbocycles. The highest BCUT2D eigenvalue weighted by Crippen LogP contribution is 2.00. The average molecular weight is 265 g/mol. The molecule has 1 aliphatic rings. The van der Waals surface area contributed by atoms with Gasteiger partial charge in [-0.2, -0.15) is 0 Å². The Labute approximate surface area is 114 Å². The minimum atomic E-state index is -0.385. The van der Waals surface area contributed by atoms with Crippen LogP contribution in [0.25, 0.3) is 0 Å². The Bertz CT molecular complexity index is 369. The Hall–Kier alpha value is -1.69. The van der Waals surface area contributed by atoms with E-state index in [1.165, 1.54) is 12.2 Å². The minimum absolute atomic E-state index is 0.104. The van der Waals surface area contributed by atoms with Crippen LogP contribution in [-0.2, 0) is 4.79 Å². The number of amides is 1. The fourth-order valence-corrected chi connectivity index (χ4v) is 1.72. The number of amidine groups is 1. The van der Waals surface area contributed by atoms with Crippen LogP contribution in [0.3, 0.4) is 0 Å². The van der Waals surface area contributed by atoms with Crippen molar-refractivity contribution in [3.05, 3.63) is 12.2 Å². The van der Waals surface area contributed by atoms with Crippen molar-refractivity contribution in [1.82, 2.24) is 15.1 Å². The molecule has 0 bridgehead atoms. The van der Waals surface area contributed by atoms with E-state index in [1.807, 2.05) is 11.8 Å². The fourth-order valence-electron chi connectivity index (χ4n) is 1.72. The summed E-state index contributed by atoms with van der Waals surface area (Å²) in [6.45, 7) is 6.03. The van der Waals surface area contributed by atoms with Crippen LogP contribution in [0.4, 0.5) is 0 Å². The van der Waals surface area contributed by atoms with Gasteiger partial charge in [0.05, 0.1) is 0 Å². The predicted molar refractivity (Wildman–Crippen MR) is 77.0 cm³/mol. The van der Waals surface area contributed by atoms with Gasteiger partial charge in [-0.15, -0.1) is 0 Å². The number of hydrogen-bond acceptors (Lipinski definition) is 4. The summed E-state index contributed by atoms with van der Waals surface area (Å²) in [5.41, 5.74) is -0.104. The average Bonchev–Trinajstić information content (AvgIpc) is 2.42. The molecule has 1 amide bonds. The van der Waals surface area contributed by atoms with Crippen LogP contribution < -0.4 is 5.32 Å². The van der Waals surface area contributed by atoms with Crippen molar-refractivity contribution in [3.8, 4) is 0 Å². The standard InChI is InChI=1S/C13H23N5O/c1-3-6-16-13(19)11(14)4-5-12(15)18-9-7-17(2)8-10-18/h4-5,14-15H,3,6-10H2,1-2H3,(H,16,19)/b5-4-,14-11?,15-12?. The highest BCUT2D eigenvalue weighted by atomic mass is 16.1. The molecule has 0 aromatic heterocycles. The second-order valence-electron chi connectivity index (χ2n) is 4.68. The third-order valence-corrected chi connectivity index (χ3v) is 3.03. The Morgan fingerprint density at radius 2 is 1.84 bits per heavy atom. The summed E-state index contributed by atoms with van der Waals surface area (Å²) in [5, 5.41) is 18.1. The van der Waals surface area contributed by atoms with Crippen molar-refractivity contribution >= 4 is 17.5 Å². The Balaban J connectivity index is 2.40. The van der Waals surface area contributed by atoms with Crippen LogP contribution in [0.1, 0.15) is 13.3 Å². The van der Waals surface area contributed by atoms with Crippen molar-refractivity contribution in [3.63, 3.8) is 0 Å². The molecule has 0 aliphatic carbocycles. The number of nitrogens with one attached hydrogen (secondary N) is 3. The summed E-state index contributed by atoms with van der Waals surface area (Å²) >= 11 is 0. The van der Waals surface area contributed by atoms with Crippen LogP contribution in [0.5, 0.6) is 0 Å². The van der Waals surface area contributed by atoms with Gasteiger partial charge in [0.15, 0.2) is 0 Å². The number of likely N-dealkylation sites (N-methyl/N-ethyl adjacent to an activating group) is 1. The van der Waals surface area contributed by atoms with E-state index in [-0.39, 0.29) is 11.6 Å². The van der Waals surface area contributed by atoms with Gasteiger partial charge in [0.1, 0.15) is 11.5 Å². The predicted octanol–water partition coefficient (Wildman–Crippen LogP) is 0.313. The maximum atomic E-state index is 11.5. The highest BCUT2D eigenvalue weighted by molar-refractivity contribution is 6.42. The molecular weight excluding hydrogens is 242 g/mol. The van der Waals surface area contributed by atoms with Gasteiger partial charge in [0.2, 0.25) is 0 Å². The normalized spacial score (nSPS) is 16.6. The number of rotatable bonds is 5. The molecule has 106 valence electrons. The molecule has 1 saturated heterocycles. The van der Waals surface area contributed by atoms with Gasteiger partial charge in [-0.3, -0.25) is 15.6 Å². The molecule has 0 atom stereocenters. The van der Waals surface area contributed by atoms with E-state index in [9.17, 15) is 4.79 Å². The van der Waals surface area contributed by atoms with Crippen LogP contribution >= 0.6 is 0 Å². The first-order chi connectivity index (χ1) is 9.04. The largest absolute Gasteiger partial charge is 0.355 e. The lowest BCUT2D eigenvalue weighted by atomic mass is 10.2. The molecule has 0 aromatic rings. The molecule has 0 radical (unpaired) electrons. The molecule has 6 nitrogen and oxygen atoms in total. The van der Waals surface area contributed by atoms with E-state index < -0.39 is 0 Å². The van der Waals surface area contributed by atoms with Crippen LogP contribution in [0.15, 0.2) is 12.2 Å². The summed E-state index contributed by atoms with van der Waals surface area (Å²) in [4.78, 5) is 15.6. The molecule has 1 rings (SSSR count). The van der Waals surface area contributed by atoms with Crippen LogP contribution in [0.2, 0.25) is 0 Å². The van der Waals surface area contributed by atoms with Gasteiger partial charge in [-0.25, -0.2) is 0 Å². The number of piperazine rings is 1. The van der Waals surface area contributed by atoms with Crippen molar-refractivity contribution < 1.29 is 4.79 Å². The minimum Gasteiger partial charge on any atom is -0.355 e. The number of carbonyl (C=O) groups excluding carboxylic acids is 1. The molecule has 19 heavy (non-hydrogen) atoms. The highest BCUT2D eigenvalue weighted by Gasteiger charge is 2.15. The van der Waals surface area contributed by atoms with E-state index >= 15 is 0 Å². The maximum absolute atomic E-state index is 11.5. The second-order valence-corrected chi connectivity index (χ2v) is 4.68. The van der Waals surface area contributed by atoms with Gasteiger partial charge >= 0.3 is 0 Å². The van der Waals surface area contributed by atoms with E-state index in [2.05, 4.69) is 17.3 Å². The zero-order chi connectivity index (χ0) is 14.3. The van der Waals surface area contributed by atoms with Gasteiger partial charge in [-0.05, 0) is 25.6 Å². The Kier molecular flexibility index (Phi) is 6.21. The molecule has 0 saturated carbocycles. The van der Waals surface area contributed by atoms with E-state index in [0.29, 0.717) is 12.4 Å². The Morgan fingerprint density at radius 3 is 2.42 bits per heavy atom. The smallest absolute Gasteiger partial charge is 0.269 e. The van der Waals surface area contributed by atoms with Crippen molar-refractivity contribution in [2.75, 3.05) is 39.8 Å². The Morgan fingerprint density at radius 1 is 1.21 bits per heavy atom. The van der Waals surface area contributed by atoms with Gasteiger partial charge < -0.3 is 15.1 Å². The lowest BCUT2D eigenvalue weighted by Crippen LogP contribution is -2.46. The topological polar surface area (TPSA) is 83.3 Å². The van der Waals surface area contributed by atoms with Gasteiger partial charge in [-0.1, -0.05) is 6.92 Å². The zero-order valence-corrected chi connectivity index (χ0v) is 11.7. The number of carbonyl (C=O) groups is 1. The summed E-state index contributed by atoms with van der Waals surface area (Å²) in [6, 6.07) is 0. The lowest BCUT2D eigenvalue weighted by molar-refractivity contribution is -0.114. The molecule has 1 fully saturated rings. The first kappa shape index (κ1) is 15.4. The summed E-state index contributed by atoms with van der Waals surface area (Å²) < 4.78 is 0. The third-order valence-electron chi connectivity index (χ3n) is 3.03. The second kappa shape index (κ2) is 7.68. The summed E-state index contributed by atoms with van der Waals surface area (Å²) in [7, 11) is 2.06. The first-order valence-electron chi connectivity index (χ1n) is 6.61. The van der Waals surface area contributed by atoms with Gasteiger partial charge in [0, 0.05) is 32.7 Å². The van der Waals surface area contributed by atoms with E-state index in [1.54, 1.807) is 0 Å². The van der Waals surface area contributed by atoms with Crippen molar-refractivity contribution in [1.29, 1.82) is 10.8 Å². The van der Waals surface area contributed by atoms with Crippen molar-refractivity contribution in [2.24, 2.45) is 0 Å². The monoisotopic (exact) mass is 265 g/mol. The van der Waals surface area contributed by atoms with Crippen molar-refractivity contribution in [2.45, 2.75) is 13.3 Å². The molecule has 0 unspecified atom stereocenters. The molecule has 0 spiro atoms. The fraction of sp³-hybridized carbons (Fsp3) is 0.615. The number of nitrogens with zero attached hydrogens (tertiary/aromatic N) is 2. The summed E-state index contributed by atoms with van der Waals surface area (Å²) in [5.74, 6) is -0.0228. The SMILES string of the molecule is CCCNC(=O)C(=N)/C=C\C(=N)N1CCN(C)CC1. The summed E-state index contributed by atoms with van der Waals surface area (Å²) in [6.07, 6.45) is 3.77. The van der Waals surface area contributed by atoms with Gasteiger partial charge in [0.25, 0.3) is 5.91 Å². The van der Waals surface area contributed by atoms with E-state index in [0.717, 1.165) is 32.6 Å². The lowest BCUT2D eigenvalue weighted by Gasteiger charge is -2.33. The first-order valence-corrected chi connectivity index (χ1v) is 6.61. The maximum Gasteiger partial charge on any atom is 0.269 e. The molecule has 1 heterocycles. The molecule has 1 aliphatic heterocycles. The quantitative estimate of drug-likeness (QED) is 0.494. The molecule has 3 N–H and O–H groups in total. The molecular formula is C13H23N5O. The van der Waals surface area contributed by atoms with Crippen LogP contribution in [-0.4, -0.2) is 67.0 Å². The third kappa shape index (κ3) is 5.21. The van der Waals surface area contributed by atoms with E-state index in [4.69, 9.17) is 10.8 Å². The zero-order valence-electron chi connectivity index (χ0n) is 11.7. The molecule has 6 heteroatoms.